The van der Waals surface area contributed by atoms with Crippen molar-refractivity contribution in [1.29, 1.82) is 0 Å². The number of aromatic amines is 1. The Morgan fingerprint density at radius 2 is 2.04 bits per heavy atom. The highest BCUT2D eigenvalue weighted by atomic mass is 35.5. The number of esters is 1. The van der Waals surface area contributed by atoms with E-state index in [1.54, 1.807) is 6.20 Å². The second-order valence-electron chi connectivity index (χ2n) is 5.52. The van der Waals surface area contributed by atoms with Crippen LogP contribution in [0, 0.1) is 10.1 Å². The van der Waals surface area contributed by atoms with Crippen molar-refractivity contribution in [2.45, 2.75) is 38.1 Å². The molecular formula is C15H24ClN5O7. The highest BCUT2D eigenvalue weighted by Crippen LogP contribution is 2.01. The molecule has 0 radical (unpaired) electrons. The van der Waals surface area contributed by atoms with Crippen LogP contribution in [0.4, 0.5) is 0 Å². The summed E-state index contributed by atoms with van der Waals surface area (Å²) in [6.07, 6.45) is 4.23. The summed E-state index contributed by atoms with van der Waals surface area (Å²) in [5.41, 5.74) is 0.597. The van der Waals surface area contributed by atoms with Crippen LogP contribution in [0.25, 0.3) is 0 Å². The van der Waals surface area contributed by atoms with Crippen molar-refractivity contribution in [2.75, 3.05) is 20.3 Å². The van der Waals surface area contributed by atoms with E-state index in [4.69, 9.17) is 0 Å². The molecule has 2 amide bonds. The van der Waals surface area contributed by atoms with Gasteiger partial charge in [-0.1, -0.05) is 0 Å². The van der Waals surface area contributed by atoms with E-state index in [1.807, 2.05) is 0 Å². The van der Waals surface area contributed by atoms with Gasteiger partial charge in [-0.15, -0.1) is 22.5 Å². The molecule has 158 valence electrons. The highest BCUT2D eigenvalue weighted by molar-refractivity contribution is 5.85. The summed E-state index contributed by atoms with van der Waals surface area (Å²) in [6.45, 7) is 0.0416. The third kappa shape index (κ3) is 11.0. The molecular weight excluding hydrogens is 398 g/mol. The summed E-state index contributed by atoms with van der Waals surface area (Å²) in [7, 11) is 1.23. The number of methoxy groups -OCH3 is 1. The molecule has 0 saturated heterocycles. The van der Waals surface area contributed by atoms with Crippen LogP contribution in [-0.4, -0.2) is 59.1 Å². The summed E-state index contributed by atoms with van der Waals surface area (Å²) in [5, 5.41) is 14.2. The number of hydrogen-bond donors (Lipinski definition) is 3. The predicted octanol–water partition coefficient (Wildman–Crippen LogP) is -0.0833. The van der Waals surface area contributed by atoms with Crippen LogP contribution in [0.3, 0.4) is 0 Å². The van der Waals surface area contributed by atoms with Crippen molar-refractivity contribution in [1.82, 2.24) is 20.6 Å². The number of unbranched alkanes of at least 4 members (excludes halogenated alkanes) is 1. The van der Waals surface area contributed by atoms with Crippen molar-refractivity contribution in [3.8, 4) is 0 Å². The maximum absolute atomic E-state index is 12.0. The van der Waals surface area contributed by atoms with Gasteiger partial charge in [-0.2, -0.15) is 0 Å². The molecule has 0 aliphatic carbocycles. The van der Waals surface area contributed by atoms with Crippen molar-refractivity contribution >= 4 is 30.2 Å². The Bertz CT molecular complexity index is 626. The fourth-order valence-corrected chi connectivity index (χ4v) is 2.14. The number of H-pyrrole nitrogens is 1. The van der Waals surface area contributed by atoms with Gasteiger partial charge in [0.05, 0.1) is 25.7 Å². The molecule has 1 aromatic heterocycles. The lowest BCUT2D eigenvalue weighted by molar-refractivity contribution is -0.757. The molecule has 1 aromatic rings. The molecule has 0 saturated carbocycles. The first-order chi connectivity index (χ1) is 12.9. The average molecular weight is 422 g/mol. The van der Waals surface area contributed by atoms with E-state index in [-0.39, 0.29) is 50.7 Å². The van der Waals surface area contributed by atoms with E-state index in [9.17, 15) is 24.5 Å². The Balaban J connectivity index is 0.00000729. The smallest absolute Gasteiger partial charge is 0.328 e. The van der Waals surface area contributed by atoms with Crippen LogP contribution in [0.2, 0.25) is 0 Å². The summed E-state index contributed by atoms with van der Waals surface area (Å²) in [6, 6.07) is -0.872. The summed E-state index contributed by atoms with van der Waals surface area (Å²) < 4.78 is 4.67. The van der Waals surface area contributed by atoms with E-state index in [1.165, 1.54) is 13.4 Å². The standard InChI is InChI=1S/C15H23N5O7.ClH/c1-26-15(23)12(8-11-9-16-10-18-11)19-14(22)5-6-17-13(21)4-2-3-7-27-20(24)25;/h9-10,12H,2-8H2,1H3,(H,16,18)(H,17,21)(H,19,22);1H/t12-;/m0./s1. The molecule has 0 aliphatic heterocycles. The number of rotatable bonds is 13. The Hall–Kier alpha value is -2.89. The number of amides is 2. The summed E-state index contributed by atoms with van der Waals surface area (Å²) >= 11 is 0. The number of carbonyl (C=O) groups excluding carboxylic acids is 3. The number of ether oxygens (including phenoxy) is 1. The third-order valence-electron chi connectivity index (χ3n) is 3.46. The number of nitrogens with zero attached hydrogens (tertiary/aromatic N) is 2. The van der Waals surface area contributed by atoms with Crippen LogP contribution < -0.4 is 10.6 Å². The second kappa shape index (κ2) is 14.2. The van der Waals surface area contributed by atoms with Crippen molar-refractivity contribution in [3.63, 3.8) is 0 Å². The maximum Gasteiger partial charge on any atom is 0.328 e. The van der Waals surface area contributed by atoms with E-state index in [0.29, 0.717) is 18.5 Å². The zero-order valence-electron chi connectivity index (χ0n) is 15.3. The Labute approximate surface area is 167 Å². The molecule has 13 heteroatoms. The molecule has 0 aliphatic rings. The molecule has 1 heterocycles. The normalized spacial score (nSPS) is 10.9. The number of hydrogen-bond acceptors (Lipinski definition) is 8. The van der Waals surface area contributed by atoms with Crippen LogP contribution in [0.15, 0.2) is 12.5 Å². The Morgan fingerprint density at radius 3 is 2.64 bits per heavy atom. The van der Waals surface area contributed by atoms with Crippen molar-refractivity contribution in [3.05, 3.63) is 28.3 Å². The number of imidazole rings is 1. The van der Waals surface area contributed by atoms with Gasteiger partial charge in [0.1, 0.15) is 6.04 Å². The van der Waals surface area contributed by atoms with Gasteiger partial charge < -0.3 is 25.2 Å². The molecule has 3 N–H and O–H groups in total. The first-order valence-electron chi connectivity index (χ1n) is 8.31. The lowest BCUT2D eigenvalue weighted by Crippen LogP contribution is -2.44. The van der Waals surface area contributed by atoms with Gasteiger partial charge in [-0.3, -0.25) is 9.59 Å². The predicted molar refractivity (Wildman–Crippen MR) is 97.9 cm³/mol. The van der Waals surface area contributed by atoms with Gasteiger partial charge in [0, 0.05) is 32.0 Å². The summed E-state index contributed by atoms with van der Waals surface area (Å²) in [4.78, 5) is 56.2. The molecule has 0 bridgehead atoms. The topological polar surface area (TPSA) is 166 Å². The Kier molecular flexibility index (Phi) is 12.7. The minimum absolute atomic E-state index is 0. The van der Waals surface area contributed by atoms with Crippen molar-refractivity contribution < 1.29 is 29.0 Å². The molecule has 1 atom stereocenters. The molecule has 0 spiro atoms. The first kappa shape index (κ1) is 25.1. The van der Waals surface area contributed by atoms with Crippen molar-refractivity contribution in [2.24, 2.45) is 0 Å². The quantitative estimate of drug-likeness (QED) is 0.172. The number of halogens is 1. The molecule has 1 rings (SSSR count). The lowest BCUT2D eigenvalue weighted by Gasteiger charge is -2.15. The maximum atomic E-state index is 12.0. The largest absolute Gasteiger partial charge is 0.467 e. The van der Waals surface area contributed by atoms with E-state index >= 15 is 0 Å². The highest BCUT2D eigenvalue weighted by Gasteiger charge is 2.22. The zero-order valence-corrected chi connectivity index (χ0v) is 16.2. The van der Waals surface area contributed by atoms with Crippen LogP contribution >= 0.6 is 12.4 Å². The minimum atomic E-state index is -0.883. The zero-order chi connectivity index (χ0) is 20.1. The SMILES string of the molecule is COC(=O)[C@H](Cc1c[nH]cn1)NC(=O)CCNC(=O)CCCCO[N+](=O)[O-].Cl. The minimum Gasteiger partial charge on any atom is -0.467 e. The average Bonchev–Trinajstić information content (AvgIpc) is 3.13. The number of nitrogens with one attached hydrogen (secondary N) is 3. The van der Waals surface area contributed by atoms with E-state index < -0.39 is 23.0 Å². The lowest BCUT2D eigenvalue weighted by atomic mass is 10.1. The third-order valence-corrected chi connectivity index (χ3v) is 3.46. The number of carbonyl (C=O) groups is 3. The van der Waals surface area contributed by atoms with Gasteiger partial charge in [-0.25, -0.2) is 9.78 Å². The Morgan fingerprint density at radius 1 is 1.29 bits per heavy atom. The van der Waals surface area contributed by atoms with Crippen LogP contribution in [0.5, 0.6) is 0 Å². The van der Waals surface area contributed by atoms with Crippen LogP contribution in [-0.2, 0) is 30.4 Å². The van der Waals surface area contributed by atoms with Crippen LogP contribution in [0.1, 0.15) is 31.4 Å². The monoisotopic (exact) mass is 421 g/mol. The molecule has 0 unspecified atom stereocenters. The molecule has 28 heavy (non-hydrogen) atoms. The first-order valence-corrected chi connectivity index (χ1v) is 8.31. The van der Waals surface area contributed by atoms with Gasteiger partial charge >= 0.3 is 5.97 Å². The van der Waals surface area contributed by atoms with E-state index in [0.717, 1.165) is 0 Å². The fraction of sp³-hybridized carbons (Fsp3) is 0.600. The second-order valence-corrected chi connectivity index (χ2v) is 5.52. The van der Waals surface area contributed by atoms with Gasteiger partial charge in [0.25, 0.3) is 5.09 Å². The number of aromatic nitrogens is 2. The van der Waals surface area contributed by atoms with Gasteiger partial charge in [-0.05, 0) is 12.8 Å². The summed E-state index contributed by atoms with van der Waals surface area (Å²) in [5.74, 6) is -1.28. The van der Waals surface area contributed by atoms with Gasteiger partial charge in [0.2, 0.25) is 11.8 Å². The van der Waals surface area contributed by atoms with Gasteiger partial charge in [0.15, 0.2) is 0 Å². The fourth-order valence-electron chi connectivity index (χ4n) is 2.14. The molecule has 0 fully saturated rings. The molecule has 0 aromatic carbocycles. The molecule has 12 nitrogen and oxygen atoms in total. The van der Waals surface area contributed by atoms with E-state index in [2.05, 4.69) is 30.2 Å².